The third kappa shape index (κ3) is 3.57. The average molecular weight is 281 g/mol. The minimum absolute atomic E-state index is 0.297. The molecule has 0 fully saturated rings. The Bertz CT molecular complexity index is 567. The van der Waals surface area contributed by atoms with E-state index in [1.165, 1.54) is 6.07 Å². The SMILES string of the molecule is OCc1ccc(C(F)(F)F)nc1CCc1ccccc1. The number of alkyl halides is 3. The highest BCUT2D eigenvalue weighted by Gasteiger charge is 2.32. The number of aliphatic hydroxyl groups is 1. The van der Waals surface area contributed by atoms with E-state index >= 15 is 0 Å². The fourth-order valence-corrected chi connectivity index (χ4v) is 1.96. The molecule has 0 bridgehead atoms. The Morgan fingerprint density at radius 2 is 1.65 bits per heavy atom. The van der Waals surface area contributed by atoms with Crippen molar-refractivity contribution in [3.8, 4) is 0 Å². The molecule has 1 N–H and O–H groups in total. The number of hydrogen-bond donors (Lipinski definition) is 1. The van der Waals surface area contributed by atoms with E-state index in [1.807, 2.05) is 30.3 Å². The van der Waals surface area contributed by atoms with Crippen LogP contribution in [0.4, 0.5) is 13.2 Å². The molecule has 0 spiro atoms. The summed E-state index contributed by atoms with van der Waals surface area (Å²) in [5.74, 6) is 0. The largest absolute Gasteiger partial charge is 0.433 e. The van der Waals surface area contributed by atoms with Gasteiger partial charge in [-0.05, 0) is 30.0 Å². The number of aliphatic hydroxyl groups excluding tert-OH is 1. The Kier molecular flexibility index (Phi) is 4.39. The molecule has 0 unspecified atom stereocenters. The molecule has 0 aliphatic rings. The van der Waals surface area contributed by atoms with Gasteiger partial charge in [0.2, 0.25) is 0 Å². The maximum absolute atomic E-state index is 12.6. The molecule has 2 aromatic rings. The van der Waals surface area contributed by atoms with Crippen LogP contribution in [-0.2, 0) is 25.6 Å². The number of hydrogen-bond acceptors (Lipinski definition) is 2. The third-order valence-corrected chi connectivity index (χ3v) is 3.02. The van der Waals surface area contributed by atoms with Crippen molar-refractivity contribution in [2.75, 3.05) is 0 Å². The van der Waals surface area contributed by atoms with Crippen LogP contribution in [-0.4, -0.2) is 10.1 Å². The lowest BCUT2D eigenvalue weighted by Crippen LogP contribution is -2.11. The van der Waals surface area contributed by atoms with Gasteiger partial charge in [0.1, 0.15) is 5.69 Å². The van der Waals surface area contributed by atoms with Crippen molar-refractivity contribution in [3.05, 3.63) is 65.0 Å². The van der Waals surface area contributed by atoms with Crippen molar-refractivity contribution < 1.29 is 18.3 Å². The van der Waals surface area contributed by atoms with Gasteiger partial charge in [0.25, 0.3) is 0 Å². The van der Waals surface area contributed by atoms with Gasteiger partial charge in [-0.15, -0.1) is 0 Å². The zero-order valence-corrected chi connectivity index (χ0v) is 10.7. The van der Waals surface area contributed by atoms with E-state index in [-0.39, 0.29) is 6.61 Å². The molecular weight excluding hydrogens is 267 g/mol. The highest BCUT2D eigenvalue weighted by atomic mass is 19.4. The number of aryl methyl sites for hydroxylation is 2. The molecule has 2 rings (SSSR count). The summed E-state index contributed by atoms with van der Waals surface area (Å²) in [4.78, 5) is 3.64. The zero-order valence-electron chi connectivity index (χ0n) is 10.7. The molecule has 2 nitrogen and oxygen atoms in total. The monoisotopic (exact) mass is 281 g/mol. The van der Waals surface area contributed by atoms with Crippen LogP contribution in [0.5, 0.6) is 0 Å². The van der Waals surface area contributed by atoms with Crippen LogP contribution in [0.3, 0.4) is 0 Å². The Morgan fingerprint density at radius 1 is 0.950 bits per heavy atom. The van der Waals surface area contributed by atoms with Crippen molar-refractivity contribution in [1.82, 2.24) is 4.98 Å². The number of nitrogens with zero attached hydrogens (tertiary/aromatic N) is 1. The first-order valence-electron chi connectivity index (χ1n) is 6.21. The number of benzene rings is 1. The Hall–Kier alpha value is -1.88. The summed E-state index contributed by atoms with van der Waals surface area (Å²) in [6.07, 6.45) is -3.51. The van der Waals surface area contributed by atoms with Crippen LogP contribution in [0.25, 0.3) is 0 Å². The molecule has 0 saturated carbocycles. The maximum atomic E-state index is 12.6. The van der Waals surface area contributed by atoms with Gasteiger partial charge in [-0.1, -0.05) is 36.4 Å². The summed E-state index contributed by atoms with van der Waals surface area (Å²) in [5.41, 5.74) is 0.841. The van der Waals surface area contributed by atoms with Crippen LogP contribution in [0.1, 0.15) is 22.5 Å². The first kappa shape index (κ1) is 14.5. The van der Waals surface area contributed by atoms with Crippen molar-refractivity contribution in [2.45, 2.75) is 25.6 Å². The highest BCUT2D eigenvalue weighted by Crippen LogP contribution is 2.28. The van der Waals surface area contributed by atoms with Crippen molar-refractivity contribution >= 4 is 0 Å². The molecule has 0 saturated heterocycles. The van der Waals surface area contributed by atoms with E-state index in [1.54, 1.807) is 0 Å². The van der Waals surface area contributed by atoms with Gasteiger partial charge < -0.3 is 5.11 Å². The van der Waals surface area contributed by atoms with Crippen molar-refractivity contribution in [1.29, 1.82) is 0 Å². The molecule has 1 heterocycles. The summed E-state index contributed by atoms with van der Waals surface area (Å²) >= 11 is 0. The van der Waals surface area contributed by atoms with E-state index < -0.39 is 11.9 Å². The fourth-order valence-electron chi connectivity index (χ4n) is 1.96. The molecule has 5 heteroatoms. The minimum atomic E-state index is -4.46. The summed E-state index contributed by atoms with van der Waals surface area (Å²) in [6, 6.07) is 11.6. The molecule has 20 heavy (non-hydrogen) atoms. The van der Waals surface area contributed by atoms with Crippen molar-refractivity contribution in [2.24, 2.45) is 0 Å². The quantitative estimate of drug-likeness (QED) is 0.932. The second kappa shape index (κ2) is 6.05. The summed E-state index contributed by atoms with van der Waals surface area (Å²) < 4.78 is 37.9. The first-order chi connectivity index (χ1) is 9.50. The normalized spacial score (nSPS) is 11.6. The first-order valence-corrected chi connectivity index (χ1v) is 6.21. The highest BCUT2D eigenvalue weighted by molar-refractivity contribution is 5.25. The van der Waals surface area contributed by atoms with E-state index in [4.69, 9.17) is 0 Å². The molecule has 0 aliphatic heterocycles. The molecule has 0 radical (unpaired) electrons. The summed E-state index contributed by atoms with van der Waals surface area (Å²) in [7, 11) is 0. The Morgan fingerprint density at radius 3 is 2.25 bits per heavy atom. The van der Waals surface area contributed by atoms with Gasteiger partial charge in [0, 0.05) is 5.69 Å². The molecule has 0 aliphatic carbocycles. The smallest absolute Gasteiger partial charge is 0.392 e. The molecule has 1 aromatic heterocycles. The summed E-state index contributed by atoms with van der Waals surface area (Å²) in [5, 5.41) is 9.19. The van der Waals surface area contributed by atoms with Gasteiger partial charge in [0.05, 0.1) is 6.61 Å². The van der Waals surface area contributed by atoms with E-state index in [0.717, 1.165) is 11.6 Å². The van der Waals surface area contributed by atoms with Gasteiger partial charge in [-0.2, -0.15) is 13.2 Å². The van der Waals surface area contributed by atoms with E-state index in [0.29, 0.717) is 24.1 Å². The lowest BCUT2D eigenvalue weighted by molar-refractivity contribution is -0.141. The lowest BCUT2D eigenvalue weighted by atomic mass is 10.0. The standard InChI is InChI=1S/C15H14F3NO/c16-15(17,18)14-9-7-12(10-20)13(19-14)8-6-11-4-2-1-3-5-11/h1-5,7,9,20H,6,8,10H2. The Labute approximate surface area is 114 Å². The molecule has 106 valence electrons. The fraction of sp³-hybridized carbons (Fsp3) is 0.267. The van der Waals surface area contributed by atoms with E-state index in [9.17, 15) is 18.3 Å². The van der Waals surface area contributed by atoms with Crippen LogP contribution in [0.15, 0.2) is 42.5 Å². The summed E-state index contributed by atoms with van der Waals surface area (Å²) in [6.45, 7) is -0.310. The topological polar surface area (TPSA) is 33.1 Å². The maximum Gasteiger partial charge on any atom is 0.433 e. The molecule has 1 aromatic carbocycles. The second-order valence-electron chi connectivity index (χ2n) is 4.44. The molecule has 0 amide bonds. The number of aromatic nitrogens is 1. The van der Waals surface area contributed by atoms with Gasteiger partial charge in [-0.25, -0.2) is 4.98 Å². The van der Waals surface area contributed by atoms with Crippen LogP contribution in [0, 0.1) is 0 Å². The minimum Gasteiger partial charge on any atom is -0.392 e. The zero-order chi connectivity index (χ0) is 14.6. The third-order valence-electron chi connectivity index (χ3n) is 3.02. The predicted molar refractivity (Wildman–Crippen MR) is 69.0 cm³/mol. The van der Waals surface area contributed by atoms with Crippen molar-refractivity contribution in [3.63, 3.8) is 0 Å². The average Bonchev–Trinajstić information content (AvgIpc) is 2.45. The number of halogens is 3. The Balaban J connectivity index is 2.21. The van der Waals surface area contributed by atoms with Crippen LogP contribution in [0.2, 0.25) is 0 Å². The van der Waals surface area contributed by atoms with E-state index in [2.05, 4.69) is 4.98 Å². The van der Waals surface area contributed by atoms with Gasteiger partial charge in [-0.3, -0.25) is 0 Å². The lowest BCUT2D eigenvalue weighted by Gasteiger charge is -2.11. The van der Waals surface area contributed by atoms with Crippen LogP contribution >= 0.6 is 0 Å². The molecule has 0 atom stereocenters. The van der Waals surface area contributed by atoms with Gasteiger partial charge >= 0.3 is 6.18 Å². The van der Waals surface area contributed by atoms with Crippen LogP contribution < -0.4 is 0 Å². The predicted octanol–water partition coefficient (Wildman–Crippen LogP) is 3.38. The number of rotatable bonds is 4. The van der Waals surface area contributed by atoms with Gasteiger partial charge in [0.15, 0.2) is 0 Å². The molecular formula is C15H14F3NO. The second-order valence-corrected chi connectivity index (χ2v) is 4.44. The number of pyridine rings is 1.